The highest BCUT2D eigenvalue weighted by atomic mass is 32.1. The molecule has 1 aromatic rings. The van der Waals surface area contributed by atoms with Crippen LogP contribution in [0.1, 0.15) is 24.1 Å². The molecule has 0 N–H and O–H groups in total. The minimum absolute atomic E-state index is 1.05. The highest BCUT2D eigenvalue weighted by molar-refractivity contribution is 7.10. The Morgan fingerprint density at radius 3 is 2.64 bits per heavy atom. The van der Waals surface area contributed by atoms with Crippen LogP contribution >= 0.6 is 11.3 Å². The molecule has 2 nitrogen and oxygen atoms in total. The Bertz CT molecular complexity index is 302. The maximum atomic E-state index is 5.39. The Balaban J connectivity index is 2.23. The van der Waals surface area contributed by atoms with Gasteiger partial charge >= 0.3 is 0 Å². The lowest BCUT2D eigenvalue weighted by Gasteiger charge is -2.29. The Morgan fingerprint density at radius 1 is 1.29 bits per heavy atom. The number of hydrogen-bond donors (Lipinski definition) is 0. The molecule has 1 aliphatic rings. The molecule has 0 amide bonds. The zero-order valence-corrected chi connectivity index (χ0v) is 9.69. The van der Waals surface area contributed by atoms with E-state index in [9.17, 15) is 0 Å². The SMILES string of the molecule is COc1csc(C)c1N1CCCCC1. The minimum atomic E-state index is 1.05. The zero-order chi connectivity index (χ0) is 9.97. The summed E-state index contributed by atoms with van der Waals surface area (Å²) in [7, 11) is 1.76. The molecular formula is C11H17NOS. The topological polar surface area (TPSA) is 12.5 Å². The van der Waals surface area contributed by atoms with Gasteiger partial charge in [-0.2, -0.15) is 0 Å². The van der Waals surface area contributed by atoms with Crippen LogP contribution in [-0.2, 0) is 0 Å². The van der Waals surface area contributed by atoms with Crippen molar-refractivity contribution < 1.29 is 4.74 Å². The lowest BCUT2D eigenvalue weighted by atomic mass is 10.1. The van der Waals surface area contributed by atoms with Crippen LogP contribution in [0.3, 0.4) is 0 Å². The quantitative estimate of drug-likeness (QED) is 0.745. The number of aryl methyl sites for hydroxylation is 1. The second-order valence-electron chi connectivity index (χ2n) is 3.76. The van der Waals surface area contributed by atoms with Crippen LogP contribution in [0.5, 0.6) is 5.75 Å². The normalized spacial score (nSPS) is 17.1. The van der Waals surface area contributed by atoms with E-state index in [1.54, 1.807) is 18.4 Å². The van der Waals surface area contributed by atoms with Crippen molar-refractivity contribution >= 4 is 17.0 Å². The number of thiophene rings is 1. The van der Waals surface area contributed by atoms with Crippen LogP contribution in [-0.4, -0.2) is 20.2 Å². The molecular weight excluding hydrogens is 194 g/mol. The van der Waals surface area contributed by atoms with Crippen molar-refractivity contribution in [3.05, 3.63) is 10.3 Å². The molecule has 0 bridgehead atoms. The monoisotopic (exact) mass is 211 g/mol. The molecule has 0 aliphatic carbocycles. The van der Waals surface area contributed by atoms with E-state index in [0.717, 1.165) is 5.75 Å². The van der Waals surface area contributed by atoms with Crippen molar-refractivity contribution in [3.63, 3.8) is 0 Å². The summed E-state index contributed by atoms with van der Waals surface area (Å²) in [6.07, 6.45) is 4.01. The fraction of sp³-hybridized carbons (Fsp3) is 0.636. The predicted molar refractivity (Wildman–Crippen MR) is 61.7 cm³/mol. The summed E-state index contributed by atoms with van der Waals surface area (Å²) in [5.74, 6) is 1.05. The second-order valence-corrected chi connectivity index (χ2v) is 4.84. The maximum absolute atomic E-state index is 5.39. The van der Waals surface area contributed by atoms with Crippen LogP contribution in [0.4, 0.5) is 5.69 Å². The van der Waals surface area contributed by atoms with Gasteiger partial charge in [0.1, 0.15) is 0 Å². The van der Waals surface area contributed by atoms with Gasteiger partial charge in [0, 0.05) is 23.3 Å². The smallest absolute Gasteiger partial charge is 0.153 e. The van der Waals surface area contributed by atoms with E-state index in [2.05, 4.69) is 17.2 Å². The van der Waals surface area contributed by atoms with E-state index in [0.29, 0.717) is 0 Å². The number of anilines is 1. The summed E-state index contributed by atoms with van der Waals surface area (Å²) in [6, 6.07) is 0. The van der Waals surface area contributed by atoms with Crippen LogP contribution in [0.15, 0.2) is 5.38 Å². The molecule has 1 fully saturated rings. The first kappa shape index (κ1) is 9.84. The van der Waals surface area contributed by atoms with E-state index in [1.807, 2.05) is 0 Å². The fourth-order valence-corrected chi connectivity index (χ4v) is 2.90. The highest BCUT2D eigenvalue weighted by Crippen LogP contribution is 2.38. The summed E-state index contributed by atoms with van der Waals surface area (Å²) < 4.78 is 5.39. The van der Waals surface area contributed by atoms with Crippen molar-refractivity contribution in [2.75, 3.05) is 25.1 Å². The van der Waals surface area contributed by atoms with E-state index in [1.165, 1.54) is 42.9 Å². The summed E-state index contributed by atoms with van der Waals surface area (Å²) in [4.78, 5) is 3.84. The van der Waals surface area contributed by atoms with Crippen LogP contribution < -0.4 is 9.64 Å². The van der Waals surface area contributed by atoms with Crippen molar-refractivity contribution in [2.45, 2.75) is 26.2 Å². The third-order valence-corrected chi connectivity index (χ3v) is 3.68. The number of rotatable bonds is 2. The molecule has 78 valence electrons. The highest BCUT2D eigenvalue weighted by Gasteiger charge is 2.18. The van der Waals surface area contributed by atoms with Gasteiger partial charge < -0.3 is 9.64 Å². The maximum Gasteiger partial charge on any atom is 0.153 e. The predicted octanol–water partition coefficient (Wildman–Crippen LogP) is 3.06. The molecule has 0 saturated carbocycles. The third kappa shape index (κ3) is 1.73. The standard InChI is InChI=1S/C11H17NOS/c1-9-11(10(13-2)8-14-9)12-6-4-3-5-7-12/h8H,3-7H2,1-2H3. The van der Waals surface area contributed by atoms with E-state index < -0.39 is 0 Å². The molecule has 2 heterocycles. The first-order chi connectivity index (χ1) is 6.83. The van der Waals surface area contributed by atoms with Crippen LogP contribution in [0, 0.1) is 6.92 Å². The first-order valence-corrected chi connectivity index (χ1v) is 6.08. The summed E-state index contributed by atoms with van der Waals surface area (Å²) >= 11 is 1.78. The molecule has 1 aliphatic heterocycles. The second kappa shape index (κ2) is 4.22. The van der Waals surface area contributed by atoms with Gasteiger partial charge in [0.2, 0.25) is 0 Å². The van der Waals surface area contributed by atoms with Crippen molar-refractivity contribution in [1.82, 2.24) is 0 Å². The Labute approximate surface area is 89.5 Å². The van der Waals surface area contributed by atoms with Gasteiger partial charge in [-0.1, -0.05) is 0 Å². The van der Waals surface area contributed by atoms with E-state index in [4.69, 9.17) is 4.74 Å². The zero-order valence-electron chi connectivity index (χ0n) is 8.88. The molecule has 0 atom stereocenters. The Hall–Kier alpha value is -0.700. The van der Waals surface area contributed by atoms with Gasteiger partial charge in [-0.3, -0.25) is 0 Å². The largest absolute Gasteiger partial charge is 0.494 e. The molecule has 3 heteroatoms. The van der Waals surface area contributed by atoms with Crippen LogP contribution in [0.25, 0.3) is 0 Å². The van der Waals surface area contributed by atoms with Gasteiger partial charge in [0.05, 0.1) is 12.8 Å². The summed E-state index contributed by atoms with van der Waals surface area (Å²) in [5.41, 5.74) is 1.33. The molecule has 1 aromatic heterocycles. The fourth-order valence-electron chi connectivity index (χ4n) is 2.07. The number of methoxy groups -OCH3 is 1. The first-order valence-electron chi connectivity index (χ1n) is 5.20. The van der Waals surface area contributed by atoms with Crippen molar-refractivity contribution in [2.24, 2.45) is 0 Å². The summed E-state index contributed by atoms with van der Waals surface area (Å²) in [6.45, 7) is 4.55. The molecule has 0 spiro atoms. The lowest BCUT2D eigenvalue weighted by Crippen LogP contribution is -2.29. The van der Waals surface area contributed by atoms with E-state index in [-0.39, 0.29) is 0 Å². The average Bonchev–Trinajstić information content (AvgIpc) is 2.61. The Morgan fingerprint density at radius 2 is 2.00 bits per heavy atom. The molecule has 0 radical (unpaired) electrons. The van der Waals surface area contributed by atoms with Gasteiger partial charge in [0.25, 0.3) is 0 Å². The molecule has 1 saturated heterocycles. The number of hydrogen-bond acceptors (Lipinski definition) is 3. The molecule has 14 heavy (non-hydrogen) atoms. The summed E-state index contributed by atoms with van der Waals surface area (Å²) in [5, 5.41) is 2.11. The Kier molecular flexibility index (Phi) is 2.96. The van der Waals surface area contributed by atoms with Crippen molar-refractivity contribution in [3.8, 4) is 5.75 Å². The van der Waals surface area contributed by atoms with Gasteiger partial charge in [0.15, 0.2) is 5.75 Å². The molecule has 2 rings (SSSR count). The lowest BCUT2D eigenvalue weighted by molar-refractivity contribution is 0.414. The van der Waals surface area contributed by atoms with Gasteiger partial charge in [-0.05, 0) is 26.2 Å². The minimum Gasteiger partial charge on any atom is -0.494 e. The van der Waals surface area contributed by atoms with Crippen molar-refractivity contribution in [1.29, 1.82) is 0 Å². The average molecular weight is 211 g/mol. The number of ether oxygens (including phenoxy) is 1. The van der Waals surface area contributed by atoms with Gasteiger partial charge in [-0.25, -0.2) is 0 Å². The molecule has 0 unspecified atom stereocenters. The number of nitrogens with zero attached hydrogens (tertiary/aromatic N) is 1. The van der Waals surface area contributed by atoms with Gasteiger partial charge in [-0.15, -0.1) is 11.3 Å². The number of piperidine rings is 1. The van der Waals surface area contributed by atoms with Crippen LogP contribution in [0.2, 0.25) is 0 Å². The van der Waals surface area contributed by atoms with E-state index >= 15 is 0 Å². The molecule has 0 aromatic carbocycles. The third-order valence-electron chi connectivity index (χ3n) is 2.80.